The lowest BCUT2D eigenvalue weighted by Gasteiger charge is -2.23. The summed E-state index contributed by atoms with van der Waals surface area (Å²) in [7, 11) is 1.91. The van der Waals surface area contributed by atoms with Gasteiger partial charge in [0, 0.05) is 68.1 Å². The van der Waals surface area contributed by atoms with Crippen LogP contribution < -0.4 is 15.4 Å². The predicted molar refractivity (Wildman–Crippen MR) is 154 cm³/mol. The molecule has 0 aromatic carbocycles. The first-order valence-electron chi connectivity index (χ1n) is 14.1. The second-order valence-corrected chi connectivity index (χ2v) is 11.9. The van der Waals surface area contributed by atoms with Gasteiger partial charge in [-0.15, -0.1) is 0 Å². The molecule has 0 bridgehead atoms. The Balaban J connectivity index is 1.21. The number of anilines is 3. The molecule has 41 heavy (non-hydrogen) atoms. The Labute approximate surface area is 238 Å². The molecule has 2 N–H and O–H groups in total. The summed E-state index contributed by atoms with van der Waals surface area (Å²) in [6.45, 7) is 8.31. The fourth-order valence-corrected chi connectivity index (χ4v) is 5.21. The number of pyridine rings is 2. The predicted octanol–water partition coefficient (Wildman–Crippen LogP) is 4.96. The Bertz CT molecular complexity index is 1570. The van der Waals surface area contributed by atoms with E-state index >= 15 is 0 Å². The van der Waals surface area contributed by atoms with Crippen LogP contribution >= 0.6 is 0 Å². The summed E-state index contributed by atoms with van der Waals surface area (Å²) in [6.07, 6.45) is 6.02. The Kier molecular flexibility index (Phi) is 7.10. The van der Waals surface area contributed by atoms with Gasteiger partial charge in [-0.25, -0.2) is 14.4 Å². The number of amides is 1. The summed E-state index contributed by atoms with van der Waals surface area (Å²) in [4.78, 5) is 27.7. The Morgan fingerprint density at radius 3 is 2.71 bits per heavy atom. The number of imidazole rings is 1. The fourth-order valence-electron chi connectivity index (χ4n) is 5.21. The number of aryl methyl sites for hydroxylation is 1. The van der Waals surface area contributed by atoms with E-state index in [0.29, 0.717) is 41.3 Å². The smallest absolute Gasteiger partial charge is 0.228 e. The number of hydrogen-bond acceptors (Lipinski definition) is 8. The number of ether oxygens (including phenoxy) is 1. The zero-order valence-corrected chi connectivity index (χ0v) is 23.9. The molecule has 1 saturated carbocycles. The summed E-state index contributed by atoms with van der Waals surface area (Å²) in [5, 5.41) is 11.2. The van der Waals surface area contributed by atoms with Gasteiger partial charge >= 0.3 is 0 Å². The number of likely N-dealkylation sites (tertiary alicyclic amines) is 1. The molecule has 12 heteroatoms. The highest BCUT2D eigenvalue weighted by molar-refractivity contribution is 5.93. The molecule has 1 aliphatic carbocycles. The van der Waals surface area contributed by atoms with E-state index in [-0.39, 0.29) is 30.0 Å². The molecule has 1 saturated heterocycles. The van der Waals surface area contributed by atoms with Crippen LogP contribution in [0.15, 0.2) is 36.7 Å². The zero-order valence-electron chi connectivity index (χ0n) is 23.9. The molecule has 4 aromatic heterocycles. The van der Waals surface area contributed by atoms with Gasteiger partial charge < -0.3 is 19.9 Å². The van der Waals surface area contributed by atoms with Crippen LogP contribution in [-0.4, -0.2) is 66.4 Å². The average Bonchev–Trinajstić information content (AvgIpc) is 3.41. The van der Waals surface area contributed by atoms with Crippen LogP contribution in [0.3, 0.4) is 0 Å². The fraction of sp³-hybridized carbons (Fsp3) is 0.483. The number of aromatic nitrogens is 6. The third kappa shape index (κ3) is 5.88. The number of fused-ring (bicyclic) bond motifs is 1. The first-order valence-corrected chi connectivity index (χ1v) is 14.1. The molecule has 11 nitrogen and oxygen atoms in total. The van der Waals surface area contributed by atoms with Crippen molar-refractivity contribution >= 4 is 34.7 Å². The maximum atomic E-state index is 12.9. The molecule has 5 heterocycles. The third-order valence-corrected chi connectivity index (χ3v) is 7.62. The number of carbonyl (C=O) groups is 1. The summed E-state index contributed by atoms with van der Waals surface area (Å²) in [5.41, 5.74) is 2.36. The van der Waals surface area contributed by atoms with Crippen LogP contribution in [0.2, 0.25) is 0 Å². The SMILES string of the molecule is Cn1c(Nc2cc(C(C)(C)C)n([C@@H]3CCN(CCF)C3)n2)nc2ncc(Oc3ccnc(NC(=O)C4CC4)c3)cc21. The molecular formula is C29H36FN9O2. The lowest BCUT2D eigenvalue weighted by molar-refractivity contribution is -0.117. The number of carbonyl (C=O) groups excluding carboxylic acids is 1. The van der Waals surface area contributed by atoms with E-state index < -0.39 is 0 Å². The first-order chi connectivity index (χ1) is 19.7. The summed E-state index contributed by atoms with van der Waals surface area (Å²) in [6, 6.07) is 7.58. The second-order valence-electron chi connectivity index (χ2n) is 11.9. The molecule has 1 atom stereocenters. The van der Waals surface area contributed by atoms with Gasteiger partial charge in [0.15, 0.2) is 11.5 Å². The van der Waals surface area contributed by atoms with Gasteiger partial charge in [0.1, 0.15) is 24.0 Å². The van der Waals surface area contributed by atoms with Crippen molar-refractivity contribution in [2.45, 2.75) is 51.5 Å². The van der Waals surface area contributed by atoms with Crippen LogP contribution in [0.25, 0.3) is 11.2 Å². The minimum atomic E-state index is -0.333. The van der Waals surface area contributed by atoms with E-state index in [0.717, 1.165) is 43.6 Å². The Hall–Kier alpha value is -4.06. The van der Waals surface area contributed by atoms with Gasteiger partial charge in [-0.3, -0.25) is 14.4 Å². The van der Waals surface area contributed by atoms with Crippen LogP contribution in [0.4, 0.5) is 22.0 Å². The van der Waals surface area contributed by atoms with Gasteiger partial charge in [-0.1, -0.05) is 20.8 Å². The molecule has 6 rings (SSSR count). The van der Waals surface area contributed by atoms with E-state index in [1.807, 2.05) is 17.7 Å². The van der Waals surface area contributed by atoms with Crippen molar-refractivity contribution < 1.29 is 13.9 Å². The summed E-state index contributed by atoms with van der Waals surface area (Å²) < 4.78 is 23.0. The lowest BCUT2D eigenvalue weighted by Crippen LogP contribution is -2.26. The molecule has 0 spiro atoms. The maximum Gasteiger partial charge on any atom is 0.228 e. The minimum absolute atomic E-state index is 0.00545. The van der Waals surface area contributed by atoms with Gasteiger partial charge in [0.2, 0.25) is 11.9 Å². The molecular weight excluding hydrogens is 525 g/mol. The molecule has 0 radical (unpaired) electrons. The molecule has 2 fully saturated rings. The van der Waals surface area contributed by atoms with Gasteiger partial charge in [0.05, 0.1) is 17.8 Å². The van der Waals surface area contributed by atoms with Crippen molar-refractivity contribution in [3.63, 3.8) is 0 Å². The summed E-state index contributed by atoms with van der Waals surface area (Å²) >= 11 is 0. The normalized spacial score (nSPS) is 17.7. The van der Waals surface area contributed by atoms with Crippen molar-refractivity contribution in [2.75, 3.05) is 36.9 Å². The van der Waals surface area contributed by atoms with Crippen LogP contribution in [0.1, 0.15) is 51.8 Å². The first kappa shape index (κ1) is 27.1. The average molecular weight is 562 g/mol. The van der Waals surface area contributed by atoms with Crippen molar-refractivity contribution in [3.05, 3.63) is 42.4 Å². The van der Waals surface area contributed by atoms with E-state index in [4.69, 9.17) is 9.84 Å². The van der Waals surface area contributed by atoms with Crippen LogP contribution in [0, 0.1) is 5.92 Å². The molecule has 216 valence electrons. The van der Waals surface area contributed by atoms with Crippen LogP contribution in [0.5, 0.6) is 11.5 Å². The Morgan fingerprint density at radius 2 is 1.95 bits per heavy atom. The largest absolute Gasteiger partial charge is 0.455 e. The minimum Gasteiger partial charge on any atom is -0.455 e. The quantitative estimate of drug-likeness (QED) is 0.295. The van der Waals surface area contributed by atoms with Crippen molar-refractivity contribution in [2.24, 2.45) is 13.0 Å². The Morgan fingerprint density at radius 1 is 1.12 bits per heavy atom. The number of nitrogens with zero attached hydrogens (tertiary/aromatic N) is 7. The molecule has 1 aliphatic heterocycles. The van der Waals surface area contributed by atoms with E-state index in [1.165, 1.54) is 0 Å². The molecule has 1 amide bonds. The second kappa shape index (κ2) is 10.7. The lowest BCUT2D eigenvalue weighted by atomic mass is 9.91. The number of halogens is 1. The van der Waals surface area contributed by atoms with Crippen molar-refractivity contribution in [1.29, 1.82) is 0 Å². The highest BCUT2D eigenvalue weighted by atomic mass is 19.1. The molecule has 4 aromatic rings. The number of rotatable bonds is 9. The van der Waals surface area contributed by atoms with Crippen molar-refractivity contribution in [3.8, 4) is 11.5 Å². The monoisotopic (exact) mass is 561 g/mol. The van der Waals surface area contributed by atoms with Gasteiger partial charge in [-0.2, -0.15) is 10.1 Å². The van der Waals surface area contributed by atoms with Gasteiger partial charge in [0.25, 0.3) is 0 Å². The number of nitrogens with one attached hydrogen (secondary N) is 2. The molecule has 2 aliphatic rings. The molecule has 0 unspecified atom stereocenters. The van der Waals surface area contributed by atoms with Crippen molar-refractivity contribution in [1.82, 2.24) is 34.2 Å². The highest BCUT2D eigenvalue weighted by Crippen LogP contribution is 2.33. The third-order valence-electron chi connectivity index (χ3n) is 7.62. The highest BCUT2D eigenvalue weighted by Gasteiger charge is 2.31. The number of alkyl halides is 1. The zero-order chi connectivity index (χ0) is 28.7. The van der Waals surface area contributed by atoms with E-state index in [9.17, 15) is 9.18 Å². The number of hydrogen-bond donors (Lipinski definition) is 2. The summed E-state index contributed by atoms with van der Waals surface area (Å²) in [5.74, 6) is 2.94. The maximum absolute atomic E-state index is 12.9. The van der Waals surface area contributed by atoms with E-state index in [1.54, 1.807) is 24.5 Å². The van der Waals surface area contributed by atoms with Crippen LogP contribution in [-0.2, 0) is 17.3 Å². The topological polar surface area (TPSA) is 115 Å². The van der Waals surface area contributed by atoms with E-state index in [2.05, 4.69) is 62.0 Å². The standard InChI is InChI=1S/C29H36FN9O2/c1-29(2,3)23-15-25(36-39(23)19-8-11-38(17-19)12-9-30)34-28-35-26-22(37(28)4)13-21(16-32-26)41-20-7-10-31-24(14-20)33-27(40)18-5-6-18/h7,10,13-16,18-19H,5-6,8-9,11-12,17H2,1-4H3,(H,31,33,40)(H,32,34,35,36)/t19-/m1/s1. The van der Waals surface area contributed by atoms with Gasteiger partial charge in [-0.05, 0) is 25.3 Å².